The SMILES string of the molecule is Cc1cccc(C)c1CC(N)c1coc2ccccc12. The Hall–Kier alpha value is -2.06. The van der Waals surface area contributed by atoms with Crippen molar-refractivity contribution in [2.45, 2.75) is 26.3 Å². The van der Waals surface area contributed by atoms with Crippen LogP contribution in [0, 0.1) is 13.8 Å². The van der Waals surface area contributed by atoms with Gasteiger partial charge in [-0.05, 0) is 43.0 Å². The molecule has 2 N–H and O–H groups in total. The van der Waals surface area contributed by atoms with Crippen LogP contribution in [0.4, 0.5) is 0 Å². The van der Waals surface area contributed by atoms with Crippen LogP contribution in [0.3, 0.4) is 0 Å². The summed E-state index contributed by atoms with van der Waals surface area (Å²) in [5, 5.41) is 1.12. The van der Waals surface area contributed by atoms with E-state index in [0.717, 1.165) is 23.0 Å². The van der Waals surface area contributed by atoms with Gasteiger partial charge in [-0.2, -0.15) is 0 Å². The van der Waals surface area contributed by atoms with Gasteiger partial charge in [-0.15, -0.1) is 0 Å². The molecule has 0 radical (unpaired) electrons. The van der Waals surface area contributed by atoms with Crippen molar-refractivity contribution < 1.29 is 4.42 Å². The molecule has 1 heterocycles. The van der Waals surface area contributed by atoms with Crippen molar-refractivity contribution in [3.8, 4) is 0 Å². The molecule has 1 atom stereocenters. The standard InChI is InChI=1S/C18H19NO/c1-12-6-5-7-13(2)15(12)10-17(19)16-11-20-18-9-4-3-8-14(16)18/h3-9,11,17H,10,19H2,1-2H3. The monoisotopic (exact) mass is 265 g/mol. The van der Waals surface area contributed by atoms with E-state index in [1.807, 2.05) is 18.2 Å². The Morgan fingerprint density at radius 1 is 1.00 bits per heavy atom. The fraction of sp³-hybridized carbons (Fsp3) is 0.222. The molecule has 0 saturated carbocycles. The molecule has 3 rings (SSSR count). The second-order valence-corrected chi connectivity index (χ2v) is 5.37. The molecule has 2 aromatic carbocycles. The summed E-state index contributed by atoms with van der Waals surface area (Å²) in [5.41, 5.74) is 12.3. The van der Waals surface area contributed by atoms with Crippen molar-refractivity contribution in [2.75, 3.05) is 0 Å². The van der Waals surface area contributed by atoms with Crippen molar-refractivity contribution in [2.24, 2.45) is 5.73 Å². The maximum atomic E-state index is 6.42. The first-order valence-electron chi connectivity index (χ1n) is 6.93. The Morgan fingerprint density at radius 2 is 1.70 bits per heavy atom. The molecule has 20 heavy (non-hydrogen) atoms. The van der Waals surface area contributed by atoms with Gasteiger partial charge in [-0.1, -0.05) is 36.4 Å². The third-order valence-electron chi connectivity index (χ3n) is 3.98. The van der Waals surface area contributed by atoms with Gasteiger partial charge in [-0.25, -0.2) is 0 Å². The number of benzene rings is 2. The minimum Gasteiger partial charge on any atom is -0.464 e. The van der Waals surface area contributed by atoms with E-state index in [9.17, 15) is 0 Å². The lowest BCUT2D eigenvalue weighted by atomic mass is 9.93. The number of rotatable bonds is 3. The lowest BCUT2D eigenvalue weighted by molar-refractivity contribution is 0.599. The second-order valence-electron chi connectivity index (χ2n) is 5.37. The first kappa shape index (κ1) is 12.9. The fourth-order valence-corrected chi connectivity index (χ4v) is 2.79. The van der Waals surface area contributed by atoms with Gasteiger partial charge < -0.3 is 10.2 Å². The number of nitrogens with two attached hydrogens (primary N) is 1. The highest BCUT2D eigenvalue weighted by Gasteiger charge is 2.15. The quantitative estimate of drug-likeness (QED) is 0.767. The zero-order valence-electron chi connectivity index (χ0n) is 11.9. The Balaban J connectivity index is 1.95. The Morgan fingerprint density at radius 3 is 2.45 bits per heavy atom. The Kier molecular flexibility index (Phi) is 3.33. The summed E-state index contributed by atoms with van der Waals surface area (Å²) < 4.78 is 5.59. The van der Waals surface area contributed by atoms with Gasteiger partial charge in [0.2, 0.25) is 0 Å². The van der Waals surface area contributed by atoms with Crippen molar-refractivity contribution in [3.63, 3.8) is 0 Å². The lowest BCUT2D eigenvalue weighted by Gasteiger charge is -2.15. The number of aryl methyl sites for hydroxylation is 2. The molecule has 0 aliphatic heterocycles. The lowest BCUT2D eigenvalue weighted by Crippen LogP contribution is -2.14. The summed E-state index contributed by atoms with van der Waals surface area (Å²) in [7, 11) is 0. The van der Waals surface area contributed by atoms with Gasteiger partial charge in [0.05, 0.1) is 6.26 Å². The van der Waals surface area contributed by atoms with Crippen LogP contribution < -0.4 is 5.73 Å². The van der Waals surface area contributed by atoms with Crippen LogP contribution in [0.1, 0.15) is 28.3 Å². The summed E-state index contributed by atoms with van der Waals surface area (Å²) in [6.07, 6.45) is 2.63. The van der Waals surface area contributed by atoms with Crippen LogP contribution in [0.25, 0.3) is 11.0 Å². The molecule has 0 saturated heterocycles. The molecule has 102 valence electrons. The molecule has 0 aliphatic carbocycles. The molecule has 0 amide bonds. The second kappa shape index (κ2) is 5.14. The first-order valence-corrected chi connectivity index (χ1v) is 6.93. The molecule has 1 aromatic heterocycles. The van der Waals surface area contributed by atoms with Crippen LogP contribution in [0.5, 0.6) is 0 Å². The highest BCUT2D eigenvalue weighted by Crippen LogP contribution is 2.28. The van der Waals surface area contributed by atoms with Gasteiger partial charge >= 0.3 is 0 Å². The van der Waals surface area contributed by atoms with E-state index in [-0.39, 0.29) is 6.04 Å². The third-order valence-corrected chi connectivity index (χ3v) is 3.98. The van der Waals surface area contributed by atoms with Gasteiger partial charge in [0, 0.05) is 17.0 Å². The predicted molar refractivity (Wildman–Crippen MR) is 82.8 cm³/mol. The third kappa shape index (κ3) is 2.23. The van der Waals surface area contributed by atoms with Crippen LogP contribution in [-0.2, 0) is 6.42 Å². The van der Waals surface area contributed by atoms with E-state index in [0.29, 0.717) is 0 Å². The number of hydrogen-bond donors (Lipinski definition) is 1. The molecule has 0 spiro atoms. The van der Waals surface area contributed by atoms with E-state index in [1.165, 1.54) is 16.7 Å². The van der Waals surface area contributed by atoms with Crippen LogP contribution in [0.15, 0.2) is 53.1 Å². The minimum atomic E-state index is -0.0431. The normalized spacial score (nSPS) is 12.8. The number of para-hydroxylation sites is 1. The summed E-state index contributed by atoms with van der Waals surface area (Å²) in [6.45, 7) is 4.28. The Labute approximate surface area is 119 Å². The highest BCUT2D eigenvalue weighted by atomic mass is 16.3. The van der Waals surface area contributed by atoms with Crippen molar-refractivity contribution in [3.05, 3.63) is 71.0 Å². The summed E-state index contributed by atoms with van der Waals surface area (Å²) in [6, 6.07) is 14.4. The summed E-state index contributed by atoms with van der Waals surface area (Å²) in [4.78, 5) is 0. The van der Waals surface area contributed by atoms with Gasteiger partial charge in [0.15, 0.2) is 0 Å². The van der Waals surface area contributed by atoms with Crippen LogP contribution in [-0.4, -0.2) is 0 Å². The molecule has 2 heteroatoms. The average molecular weight is 265 g/mol. The van der Waals surface area contributed by atoms with Gasteiger partial charge in [0.1, 0.15) is 5.58 Å². The smallest absolute Gasteiger partial charge is 0.134 e. The Bertz CT molecular complexity index is 722. The molecular formula is C18H19NO. The van der Waals surface area contributed by atoms with E-state index in [2.05, 4.69) is 38.1 Å². The van der Waals surface area contributed by atoms with E-state index < -0.39 is 0 Å². The van der Waals surface area contributed by atoms with Crippen molar-refractivity contribution in [1.82, 2.24) is 0 Å². The zero-order chi connectivity index (χ0) is 14.1. The molecule has 0 bridgehead atoms. The highest BCUT2D eigenvalue weighted by molar-refractivity contribution is 5.81. The van der Waals surface area contributed by atoms with Crippen LogP contribution in [0.2, 0.25) is 0 Å². The predicted octanol–water partition coefficient (Wildman–Crippen LogP) is 4.29. The van der Waals surface area contributed by atoms with E-state index in [4.69, 9.17) is 10.2 Å². The average Bonchev–Trinajstić information content (AvgIpc) is 2.87. The molecule has 1 unspecified atom stereocenters. The molecule has 2 nitrogen and oxygen atoms in total. The van der Waals surface area contributed by atoms with Gasteiger partial charge in [0.25, 0.3) is 0 Å². The zero-order valence-corrected chi connectivity index (χ0v) is 11.9. The summed E-state index contributed by atoms with van der Waals surface area (Å²) in [5.74, 6) is 0. The maximum Gasteiger partial charge on any atom is 0.134 e. The fourth-order valence-electron chi connectivity index (χ4n) is 2.79. The largest absolute Gasteiger partial charge is 0.464 e. The number of fused-ring (bicyclic) bond motifs is 1. The van der Waals surface area contributed by atoms with Crippen molar-refractivity contribution in [1.29, 1.82) is 0 Å². The summed E-state index contributed by atoms with van der Waals surface area (Å²) >= 11 is 0. The van der Waals surface area contributed by atoms with Crippen LogP contribution >= 0.6 is 0 Å². The topological polar surface area (TPSA) is 39.2 Å². The maximum absolute atomic E-state index is 6.42. The minimum absolute atomic E-state index is 0.0431. The van der Waals surface area contributed by atoms with E-state index >= 15 is 0 Å². The van der Waals surface area contributed by atoms with Gasteiger partial charge in [-0.3, -0.25) is 0 Å². The van der Waals surface area contributed by atoms with E-state index in [1.54, 1.807) is 6.26 Å². The molecule has 0 aliphatic rings. The molecule has 0 fully saturated rings. The number of furan rings is 1. The van der Waals surface area contributed by atoms with Crippen molar-refractivity contribution >= 4 is 11.0 Å². The first-order chi connectivity index (χ1) is 9.66. The molecule has 3 aromatic rings. The molecular weight excluding hydrogens is 246 g/mol. The number of hydrogen-bond acceptors (Lipinski definition) is 2.